The zero-order chi connectivity index (χ0) is 17.9. The van der Waals surface area contributed by atoms with Crippen molar-refractivity contribution in [1.82, 2.24) is 4.90 Å². The Balaban J connectivity index is 1.54. The van der Waals surface area contributed by atoms with Crippen LogP contribution in [0.15, 0.2) is 53.7 Å². The van der Waals surface area contributed by atoms with Crippen LogP contribution >= 0.6 is 0 Å². The third-order valence-corrected chi connectivity index (χ3v) is 5.05. The first-order valence-corrected chi connectivity index (χ1v) is 9.13. The summed E-state index contributed by atoms with van der Waals surface area (Å²) in [5.74, 6) is -0.477. The number of carbonyl (C=O) groups excluding carboxylic acids is 1. The van der Waals surface area contributed by atoms with Crippen LogP contribution in [0.5, 0.6) is 0 Å². The largest absolute Gasteiger partial charge is 0.382 e. The zero-order valence-corrected chi connectivity index (χ0v) is 14.7. The molecule has 2 aromatic carbocycles. The Morgan fingerprint density at radius 1 is 1.08 bits per heavy atom. The van der Waals surface area contributed by atoms with Crippen LogP contribution in [0.25, 0.3) is 11.1 Å². The summed E-state index contributed by atoms with van der Waals surface area (Å²) >= 11 is 0. The lowest BCUT2D eigenvalue weighted by molar-refractivity contribution is -0.127. The van der Waals surface area contributed by atoms with E-state index >= 15 is 0 Å². The molecule has 5 heteroatoms. The van der Waals surface area contributed by atoms with Crippen LogP contribution in [0, 0.1) is 0 Å². The van der Waals surface area contributed by atoms with Crippen molar-refractivity contribution in [1.29, 1.82) is 0 Å². The molecular weight excluding hydrogens is 326 g/mol. The van der Waals surface area contributed by atoms with Gasteiger partial charge < -0.3 is 10.6 Å². The highest BCUT2D eigenvalue weighted by molar-refractivity contribution is 6.04. The number of likely N-dealkylation sites (tertiary alicyclic amines) is 1. The molecule has 1 saturated heterocycles. The summed E-state index contributed by atoms with van der Waals surface area (Å²) in [6.45, 7) is 3.40. The molecular formula is C21H23N3O2. The van der Waals surface area contributed by atoms with Crippen molar-refractivity contribution in [3.63, 3.8) is 0 Å². The second-order valence-electron chi connectivity index (χ2n) is 7.00. The van der Waals surface area contributed by atoms with E-state index in [1.165, 1.54) is 37.1 Å². The van der Waals surface area contributed by atoms with E-state index in [0.717, 1.165) is 23.4 Å². The summed E-state index contributed by atoms with van der Waals surface area (Å²) in [6.07, 6.45) is 2.38. The summed E-state index contributed by atoms with van der Waals surface area (Å²) in [5, 5.41) is 4.04. The molecule has 26 heavy (non-hydrogen) atoms. The Bertz CT molecular complexity index is 841. The smallest absolute Gasteiger partial charge is 0.261 e. The molecule has 0 aromatic heterocycles. The van der Waals surface area contributed by atoms with Gasteiger partial charge in [0.1, 0.15) is 0 Å². The fraction of sp³-hybridized carbons (Fsp3) is 0.333. The fourth-order valence-electron chi connectivity index (χ4n) is 3.63. The average Bonchev–Trinajstić information content (AvgIpc) is 3.34. The number of hydrogen-bond donors (Lipinski definition) is 1. The Morgan fingerprint density at radius 2 is 1.77 bits per heavy atom. The molecule has 2 heterocycles. The molecule has 2 aliphatic rings. The van der Waals surface area contributed by atoms with Crippen molar-refractivity contribution in [2.75, 3.05) is 13.1 Å². The topological polar surface area (TPSA) is 67.9 Å². The van der Waals surface area contributed by atoms with Gasteiger partial charge in [-0.3, -0.25) is 9.69 Å². The second kappa shape index (κ2) is 7.30. The highest BCUT2D eigenvalue weighted by Crippen LogP contribution is 2.25. The van der Waals surface area contributed by atoms with Gasteiger partial charge in [-0.05, 0) is 54.8 Å². The van der Waals surface area contributed by atoms with Crippen molar-refractivity contribution >= 4 is 11.6 Å². The maximum Gasteiger partial charge on any atom is 0.261 e. The lowest BCUT2D eigenvalue weighted by atomic mass is 9.97. The zero-order valence-electron chi connectivity index (χ0n) is 14.7. The number of hydrogen-bond acceptors (Lipinski definition) is 4. The fourth-order valence-corrected chi connectivity index (χ4v) is 3.63. The maximum absolute atomic E-state index is 11.3. The lowest BCUT2D eigenvalue weighted by Crippen LogP contribution is -2.28. The van der Waals surface area contributed by atoms with Gasteiger partial charge in [-0.1, -0.05) is 41.6 Å². The number of benzene rings is 2. The quantitative estimate of drug-likeness (QED) is 0.902. The molecule has 0 saturated carbocycles. The number of nitrogens with zero attached hydrogens (tertiary/aromatic N) is 2. The molecule has 2 aromatic rings. The van der Waals surface area contributed by atoms with Crippen LogP contribution in [0.1, 0.15) is 30.4 Å². The van der Waals surface area contributed by atoms with Gasteiger partial charge in [-0.25, -0.2) is 0 Å². The first-order valence-electron chi connectivity index (χ1n) is 9.13. The van der Waals surface area contributed by atoms with E-state index in [0.29, 0.717) is 6.42 Å². The van der Waals surface area contributed by atoms with E-state index in [1.807, 2.05) is 12.1 Å². The van der Waals surface area contributed by atoms with E-state index in [2.05, 4.69) is 46.5 Å². The number of primary amides is 1. The van der Waals surface area contributed by atoms with E-state index in [4.69, 9.17) is 10.6 Å². The molecule has 0 spiro atoms. The molecule has 134 valence electrons. The molecule has 0 radical (unpaired) electrons. The minimum atomic E-state index is -0.655. The first kappa shape index (κ1) is 16.8. The molecule has 1 amide bonds. The Hall–Kier alpha value is -2.66. The molecule has 1 atom stereocenters. The van der Waals surface area contributed by atoms with Gasteiger partial charge in [0.2, 0.25) is 6.10 Å². The van der Waals surface area contributed by atoms with Crippen LogP contribution in [0.4, 0.5) is 0 Å². The van der Waals surface area contributed by atoms with Crippen molar-refractivity contribution in [3.8, 4) is 11.1 Å². The Morgan fingerprint density at radius 3 is 2.50 bits per heavy atom. The van der Waals surface area contributed by atoms with E-state index in [9.17, 15) is 4.79 Å². The molecule has 2 N–H and O–H groups in total. The molecule has 1 unspecified atom stereocenters. The van der Waals surface area contributed by atoms with Crippen LogP contribution in [0.3, 0.4) is 0 Å². The number of nitrogens with two attached hydrogens (primary N) is 1. The molecule has 5 nitrogen and oxygen atoms in total. The summed E-state index contributed by atoms with van der Waals surface area (Å²) < 4.78 is 0. The highest BCUT2D eigenvalue weighted by Gasteiger charge is 2.26. The number of oxime groups is 1. The Kier molecular flexibility index (Phi) is 4.71. The van der Waals surface area contributed by atoms with E-state index in [1.54, 1.807) is 0 Å². The van der Waals surface area contributed by atoms with E-state index < -0.39 is 12.0 Å². The van der Waals surface area contributed by atoms with Crippen molar-refractivity contribution < 1.29 is 9.63 Å². The second-order valence-corrected chi connectivity index (χ2v) is 7.00. The van der Waals surface area contributed by atoms with Gasteiger partial charge >= 0.3 is 0 Å². The van der Waals surface area contributed by atoms with Gasteiger partial charge in [0.05, 0.1) is 5.71 Å². The minimum Gasteiger partial charge on any atom is -0.382 e. The van der Waals surface area contributed by atoms with Crippen LogP contribution in [-0.4, -0.2) is 35.7 Å². The number of carbonyl (C=O) groups is 1. The molecule has 2 aliphatic heterocycles. The summed E-state index contributed by atoms with van der Waals surface area (Å²) in [7, 11) is 0. The van der Waals surface area contributed by atoms with Crippen molar-refractivity contribution in [3.05, 3.63) is 59.7 Å². The molecule has 0 bridgehead atoms. The maximum atomic E-state index is 11.3. The molecule has 4 rings (SSSR count). The van der Waals surface area contributed by atoms with Crippen molar-refractivity contribution in [2.45, 2.75) is 31.9 Å². The lowest BCUT2D eigenvalue weighted by Gasteiger charge is -2.15. The third-order valence-electron chi connectivity index (χ3n) is 5.05. The first-order chi connectivity index (χ1) is 12.7. The monoisotopic (exact) mass is 349 g/mol. The Labute approximate surface area is 153 Å². The third kappa shape index (κ3) is 3.63. The van der Waals surface area contributed by atoms with Gasteiger partial charge in [-0.15, -0.1) is 0 Å². The number of rotatable bonds is 5. The van der Waals surface area contributed by atoms with Gasteiger partial charge in [0.25, 0.3) is 5.91 Å². The predicted octanol–water partition coefficient (Wildman–Crippen LogP) is 2.93. The average molecular weight is 349 g/mol. The van der Waals surface area contributed by atoms with Gasteiger partial charge in [-0.2, -0.15) is 0 Å². The normalized spacial score (nSPS) is 20.0. The summed E-state index contributed by atoms with van der Waals surface area (Å²) in [5.41, 5.74) is 10.7. The molecule has 0 aliphatic carbocycles. The molecule has 1 fully saturated rings. The SMILES string of the molecule is NC(=O)C1CC(c2cccc(-c3cccc(CN4CCCC4)c3)c2)=NO1. The minimum absolute atomic E-state index is 0.424. The standard InChI is InChI=1S/C21H23N3O2/c22-21(25)20-13-19(23-26-20)18-8-4-7-17(12-18)16-6-3-5-15(11-16)14-24-9-1-2-10-24/h3-8,11-12,20H,1-2,9-10,13-14H2,(H2,22,25). The summed E-state index contributed by atoms with van der Waals surface area (Å²) in [4.78, 5) is 18.9. The summed E-state index contributed by atoms with van der Waals surface area (Å²) in [6, 6.07) is 16.9. The van der Waals surface area contributed by atoms with Gasteiger partial charge in [0.15, 0.2) is 0 Å². The van der Waals surface area contributed by atoms with Gasteiger partial charge in [0, 0.05) is 18.5 Å². The van der Waals surface area contributed by atoms with Crippen LogP contribution in [0.2, 0.25) is 0 Å². The van der Waals surface area contributed by atoms with Crippen LogP contribution < -0.4 is 5.73 Å². The van der Waals surface area contributed by atoms with Crippen LogP contribution in [-0.2, 0) is 16.2 Å². The van der Waals surface area contributed by atoms with E-state index in [-0.39, 0.29) is 0 Å². The van der Waals surface area contributed by atoms with Crippen molar-refractivity contribution in [2.24, 2.45) is 10.9 Å². The predicted molar refractivity (Wildman–Crippen MR) is 102 cm³/mol. The highest BCUT2D eigenvalue weighted by atomic mass is 16.6. The number of amides is 1.